The number of anilines is 2. The number of hydrogen-bond acceptors (Lipinski definition) is 2. The maximum atomic E-state index is 12.7. The van der Waals surface area contributed by atoms with Gasteiger partial charge in [0.05, 0.1) is 0 Å². The summed E-state index contributed by atoms with van der Waals surface area (Å²) in [6.07, 6.45) is 0.502. The van der Waals surface area contributed by atoms with Gasteiger partial charge in [-0.25, -0.2) is 0 Å². The second-order valence-electron chi connectivity index (χ2n) is 6.12. The zero-order valence-corrected chi connectivity index (χ0v) is 14.4. The molecular formula is C19H19ClN2O2. The van der Waals surface area contributed by atoms with E-state index in [-0.39, 0.29) is 11.8 Å². The number of carbonyl (C=O) groups excluding carboxylic acids is 2. The van der Waals surface area contributed by atoms with Crippen LogP contribution >= 0.6 is 11.6 Å². The summed E-state index contributed by atoms with van der Waals surface area (Å²) in [5, 5.41) is 3.42. The van der Waals surface area contributed by atoms with Crippen LogP contribution in [0.1, 0.15) is 17.5 Å². The average Bonchev–Trinajstić information content (AvgIpc) is 2.91. The molecule has 0 aromatic heterocycles. The van der Waals surface area contributed by atoms with Crippen molar-refractivity contribution in [1.82, 2.24) is 0 Å². The minimum Gasteiger partial charge on any atom is -0.325 e. The van der Waals surface area contributed by atoms with E-state index in [1.54, 1.807) is 17.0 Å². The predicted octanol–water partition coefficient (Wildman–Crippen LogP) is 3.95. The Morgan fingerprint density at radius 3 is 2.75 bits per heavy atom. The maximum absolute atomic E-state index is 12.7. The Balaban J connectivity index is 1.76. The van der Waals surface area contributed by atoms with Gasteiger partial charge in [-0.3, -0.25) is 9.59 Å². The van der Waals surface area contributed by atoms with E-state index in [9.17, 15) is 9.59 Å². The highest BCUT2D eigenvalue weighted by atomic mass is 35.5. The predicted molar refractivity (Wildman–Crippen MR) is 96.5 cm³/mol. The molecule has 1 aliphatic heterocycles. The molecule has 3 rings (SSSR count). The van der Waals surface area contributed by atoms with E-state index in [0.29, 0.717) is 23.7 Å². The molecule has 1 fully saturated rings. The van der Waals surface area contributed by atoms with Crippen molar-refractivity contribution in [1.29, 1.82) is 0 Å². The van der Waals surface area contributed by atoms with Crippen LogP contribution in [-0.4, -0.2) is 18.4 Å². The number of aryl methyl sites for hydroxylation is 2. The molecule has 5 heteroatoms. The van der Waals surface area contributed by atoms with Gasteiger partial charge < -0.3 is 10.2 Å². The third-order valence-electron chi connectivity index (χ3n) is 4.27. The topological polar surface area (TPSA) is 49.4 Å². The Hall–Kier alpha value is -2.33. The average molecular weight is 343 g/mol. The lowest BCUT2D eigenvalue weighted by atomic mass is 10.1. The molecule has 2 amide bonds. The van der Waals surface area contributed by atoms with Crippen molar-refractivity contribution in [3.05, 3.63) is 58.6 Å². The highest BCUT2D eigenvalue weighted by Gasteiger charge is 2.38. The molecule has 1 heterocycles. The highest BCUT2D eigenvalue weighted by Crippen LogP contribution is 2.30. The first-order valence-corrected chi connectivity index (χ1v) is 8.28. The number of hydrogen-bond donors (Lipinski definition) is 1. The first-order valence-electron chi connectivity index (χ1n) is 7.91. The van der Waals surface area contributed by atoms with E-state index in [1.807, 2.05) is 44.2 Å². The maximum Gasteiger partial charge on any atom is 0.239 e. The summed E-state index contributed by atoms with van der Waals surface area (Å²) in [6.45, 7) is 4.41. The molecule has 1 N–H and O–H groups in total. The molecule has 1 saturated heterocycles. The van der Waals surface area contributed by atoms with Crippen LogP contribution in [0, 0.1) is 19.8 Å². The fraction of sp³-hybridized carbons (Fsp3) is 0.263. The van der Waals surface area contributed by atoms with Gasteiger partial charge in [0, 0.05) is 22.9 Å². The first kappa shape index (κ1) is 16.5. The van der Waals surface area contributed by atoms with Crippen molar-refractivity contribution >= 4 is 34.8 Å². The second-order valence-corrected chi connectivity index (χ2v) is 6.56. The third-order valence-corrected chi connectivity index (χ3v) is 4.50. The molecule has 0 aliphatic carbocycles. The molecule has 1 aliphatic rings. The molecule has 0 saturated carbocycles. The summed E-state index contributed by atoms with van der Waals surface area (Å²) in [6, 6.07) is 13.0. The smallest absolute Gasteiger partial charge is 0.239 e. The van der Waals surface area contributed by atoms with Crippen LogP contribution < -0.4 is 10.2 Å². The summed E-state index contributed by atoms with van der Waals surface area (Å²) in [5.41, 5.74) is 3.51. The third kappa shape index (κ3) is 3.29. The summed E-state index contributed by atoms with van der Waals surface area (Å²) in [5.74, 6) is -1.10. The zero-order chi connectivity index (χ0) is 17.3. The van der Waals surface area contributed by atoms with Gasteiger partial charge in [-0.05, 0) is 55.7 Å². The summed E-state index contributed by atoms with van der Waals surface area (Å²) >= 11 is 6.05. The molecule has 0 bridgehead atoms. The van der Waals surface area contributed by atoms with Crippen LogP contribution in [0.4, 0.5) is 11.4 Å². The lowest BCUT2D eigenvalue weighted by Crippen LogP contribution is -2.33. The number of benzene rings is 2. The Morgan fingerprint density at radius 2 is 2.00 bits per heavy atom. The SMILES string of the molecule is Cc1cccc(NC(=O)[C@@H]2CCN(c3cc(Cl)ccc3C)C2=O)c1. The summed E-state index contributed by atoms with van der Waals surface area (Å²) in [4.78, 5) is 26.8. The Bertz CT molecular complexity index is 804. The number of carbonyl (C=O) groups is 2. The minimum absolute atomic E-state index is 0.175. The van der Waals surface area contributed by atoms with Gasteiger partial charge in [0.25, 0.3) is 0 Å². The molecular weight excluding hydrogens is 324 g/mol. The fourth-order valence-electron chi connectivity index (χ4n) is 2.99. The van der Waals surface area contributed by atoms with Crippen LogP contribution in [0.3, 0.4) is 0 Å². The number of rotatable bonds is 3. The molecule has 1 atom stereocenters. The van der Waals surface area contributed by atoms with E-state index < -0.39 is 5.92 Å². The molecule has 0 unspecified atom stereocenters. The van der Waals surface area contributed by atoms with E-state index in [1.165, 1.54) is 0 Å². The lowest BCUT2D eigenvalue weighted by molar-refractivity contribution is -0.129. The summed E-state index contributed by atoms with van der Waals surface area (Å²) in [7, 11) is 0. The minimum atomic E-state index is -0.663. The van der Waals surface area contributed by atoms with Gasteiger partial charge in [-0.2, -0.15) is 0 Å². The van der Waals surface area contributed by atoms with Crippen molar-refractivity contribution in [2.75, 3.05) is 16.8 Å². The number of nitrogens with one attached hydrogen (secondary N) is 1. The van der Waals surface area contributed by atoms with Gasteiger partial charge in [0.2, 0.25) is 11.8 Å². The van der Waals surface area contributed by atoms with Gasteiger partial charge >= 0.3 is 0 Å². The molecule has 24 heavy (non-hydrogen) atoms. The monoisotopic (exact) mass is 342 g/mol. The van der Waals surface area contributed by atoms with Crippen molar-refractivity contribution < 1.29 is 9.59 Å². The van der Waals surface area contributed by atoms with E-state index >= 15 is 0 Å². The first-order chi connectivity index (χ1) is 11.5. The molecule has 0 radical (unpaired) electrons. The molecule has 2 aromatic rings. The molecule has 4 nitrogen and oxygen atoms in total. The van der Waals surface area contributed by atoms with Crippen LogP contribution in [0.5, 0.6) is 0 Å². The van der Waals surface area contributed by atoms with E-state index in [4.69, 9.17) is 11.6 Å². The molecule has 124 valence electrons. The van der Waals surface area contributed by atoms with Gasteiger partial charge in [0.15, 0.2) is 0 Å². The zero-order valence-electron chi connectivity index (χ0n) is 13.7. The Kier molecular flexibility index (Phi) is 4.58. The largest absolute Gasteiger partial charge is 0.325 e. The quantitative estimate of drug-likeness (QED) is 0.859. The van der Waals surface area contributed by atoms with Crippen LogP contribution in [0.2, 0.25) is 5.02 Å². The van der Waals surface area contributed by atoms with Gasteiger partial charge in [0.1, 0.15) is 5.92 Å². The van der Waals surface area contributed by atoms with Crippen molar-refractivity contribution in [3.8, 4) is 0 Å². The van der Waals surface area contributed by atoms with Crippen LogP contribution in [0.25, 0.3) is 0 Å². The Labute approximate surface area is 146 Å². The Morgan fingerprint density at radius 1 is 1.21 bits per heavy atom. The van der Waals surface area contributed by atoms with E-state index in [2.05, 4.69) is 5.32 Å². The van der Waals surface area contributed by atoms with Crippen molar-refractivity contribution in [2.45, 2.75) is 20.3 Å². The number of amides is 2. The standard InChI is InChI=1S/C19H19ClN2O2/c1-12-4-3-5-15(10-12)21-18(23)16-8-9-22(19(16)24)17-11-14(20)7-6-13(17)2/h3-7,10-11,16H,8-9H2,1-2H3,(H,21,23)/t16-/m0/s1. The summed E-state index contributed by atoms with van der Waals surface area (Å²) < 4.78 is 0. The number of halogens is 1. The fourth-order valence-corrected chi connectivity index (χ4v) is 3.15. The van der Waals surface area contributed by atoms with Gasteiger partial charge in [-0.15, -0.1) is 0 Å². The second kappa shape index (κ2) is 6.65. The normalized spacial score (nSPS) is 17.2. The number of nitrogens with zero attached hydrogens (tertiary/aromatic N) is 1. The lowest BCUT2D eigenvalue weighted by Gasteiger charge is -2.19. The van der Waals surface area contributed by atoms with Crippen LogP contribution in [-0.2, 0) is 9.59 Å². The van der Waals surface area contributed by atoms with Crippen molar-refractivity contribution in [2.24, 2.45) is 5.92 Å². The van der Waals surface area contributed by atoms with Gasteiger partial charge in [-0.1, -0.05) is 29.8 Å². The van der Waals surface area contributed by atoms with Crippen LogP contribution in [0.15, 0.2) is 42.5 Å². The van der Waals surface area contributed by atoms with E-state index in [0.717, 1.165) is 16.8 Å². The molecule has 0 spiro atoms. The van der Waals surface area contributed by atoms with Crippen molar-refractivity contribution in [3.63, 3.8) is 0 Å². The molecule has 2 aromatic carbocycles. The highest BCUT2D eigenvalue weighted by molar-refractivity contribution is 6.31.